The number of ether oxygens (including phenoxy) is 1. The van der Waals surface area contributed by atoms with Gasteiger partial charge in [0.2, 0.25) is 5.91 Å². The van der Waals surface area contributed by atoms with Gasteiger partial charge in [-0.3, -0.25) is 9.69 Å². The van der Waals surface area contributed by atoms with Gasteiger partial charge in [-0.05, 0) is 25.3 Å². The molecule has 0 bridgehead atoms. The Bertz CT molecular complexity index is 335. The summed E-state index contributed by atoms with van der Waals surface area (Å²) in [7, 11) is 1.33. The van der Waals surface area contributed by atoms with E-state index in [0.29, 0.717) is 0 Å². The van der Waals surface area contributed by atoms with E-state index in [1.807, 2.05) is 18.7 Å². The molecule has 1 rings (SSSR count). The van der Waals surface area contributed by atoms with Gasteiger partial charge >= 0.3 is 5.97 Å². The van der Waals surface area contributed by atoms with Crippen LogP contribution in [0.5, 0.6) is 0 Å². The van der Waals surface area contributed by atoms with E-state index in [2.05, 4.69) is 5.32 Å². The molecular formula is C14H26N2O4. The summed E-state index contributed by atoms with van der Waals surface area (Å²) in [5, 5.41) is 12.0. The molecule has 20 heavy (non-hydrogen) atoms. The van der Waals surface area contributed by atoms with Crippen molar-refractivity contribution in [1.29, 1.82) is 0 Å². The minimum absolute atomic E-state index is 0.0265. The number of aliphatic hydroxyl groups is 1. The van der Waals surface area contributed by atoms with Crippen molar-refractivity contribution in [1.82, 2.24) is 10.2 Å². The predicted molar refractivity (Wildman–Crippen MR) is 75.1 cm³/mol. The Labute approximate surface area is 120 Å². The van der Waals surface area contributed by atoms with Crippen LogP contribution < -0.4 is 5.32 Å². The molecule has 1 aliphatic heterocycles. The molecule has 3 unspecified atom stereocenters. The average Bonchev–Trinajstić information content (AvgIpc) is 2.90. The summed E-state index contributed by atoms with van der Waals surface area (Å²) in [4.78, 5) is 25.7. The van der Waals surface area contributed by atoms with Crippen LogP contribution >= 0.6 is 0 Å². The summed E-state index contributed by atoms with van der Waals surface area (Å²) in [5.74, 6) is -0.576. The number of rotatable bonds is 7. The van der Waals surface area contributed by atoms with Crippen molar-refractivity contribution < 1.29 is 19.4 Å². The number of esters is 1. The van der Waals surface area contributed by atoms with Gasteiger partial charge in [-0.1, -0.05) is 20.3 Å². The van der Waals surface area contributed by atoms with E-state index < -0.39 is 12.0 Å². The second kappa shape index (κ2) is 8.21. The second-order valence-corrected chi connectivity index (χ2v) is 5.40. The number of methoxy groups -OCH3 is 1. The minimum Gasteiger partial charge on any atom is -0.467 e. The highest BCUT2D eigenvalue weighted by Gasteiger charge is 2.29. The maximum Gasteiger partial charge on any atom is 0.328 e. The Morgan fingerprint density at radius 2 is 2.20 bits per heavy atom. The van der Waals surface area contributed by atoms with Crippen LogP contribution in [0.25, 0.3) is 0 Å². The van der Waals surface area contributed by atoms with Gasteiger partial charge in [0.15, 0.2) is 0 Å². The minimum atomic E-state index is -0.604. The fourth-order valence-corrected chi connectivity index (χ4v) is 2.51. The Kier molecular flexibility index (Phi) is 6.95. The van der Waals surface area contributed by atoms with Gasteiger partial charge in [0.25, 0.3) is 0 Å². The second-order valence-electron chi connectivity index (χ2n) is 5.40. The Hall–Kier alpha value is -1.14. The fourth-order valence-electron chi connectivity index (χ4n) is 2.51. The number of hydrogen-bond acceptors (Lipinski definition) is 5. The lowest BCUT2D eigenvalue weighted by atomic mass is 9.99. The molecule has 6 heteroatoms. The number of carbonyl (C=O) groups excluding carboxylic acids is 2. The van der Waals surface area contributed by atoms with Gasteiger partial charge in [-0.2, -0.15) is 0 Å². The molecule has 1 heterocycles. The summed E-state index contributed by atoms with van der Waals surface area (Å²) in [5.41, 5.74) is 0. The van der Waals surface area contributed by atoms with E-state index in [0.717, 1.165) is 25.8 Å². The van der Waals surface area contributed by atoms with Gasteiger partial charge in [-0.25, -0.2) is 4.79 Å². The van der Waals surface area contributed by atoms with Gasteiger partial charge in [0.1, 0.15) is 6.04 Å². The molecule has 0 aromatic rings. The van der Waals surface area contributed by atoms with Crippen molar-refractivity contribution in [3.8, 4) is 0 Å². The molecule has 2 N–H and O–H groups in total. The third-order valence-corrected chi connectivity index (χ3v) is 4.04. The largest absolute Gasteiger partial charge is 0.467 e. The number of hydrogen-bond donors (Lipinski definition) is 2. The zero-order chi connectivity index (χ0) is 15.1. The molecule has 0 aromatic carbocycles. The van der Waals surface area contributed by atoms with E-state index in [1.165, 1.54) is 7.11 Å². The van der Waals surface area contributed by atoms with E-state index in [9.17, 15) is 14.7 Å². The highest BCUT2D eigenvalue weighted by atomic mass is 16.5. The van der Waals surface area contributed by atoms with E-state index in [4.69, 9.17) is 4.74 Å². The fraction of sp³-hybridized carbons (Fsp3) is 0.857. The molecule has 3 atom stereocenters. The monoisotopic (exact) mass is 286 g/mol. The molecule has 1 saturated heterocycles. The molecular weight excluding hydrogens is 260 g/mol. The van der Waals surface area contributed by atoms with Crippen LogP contribution in [0.15, 0.2) is 0 Å². The molecule has 0 aliphatic carbocycles. The lowest BCUT2D eigenvalue weighted by Gasteiger charge is -2.25. The number of aliphatic hydroxyl groups excluding tert-OH is 1. The summed E-state index contributed by atoms with van der Waals surface area (Å²) >= 11 is 0. The van der Waals surface area contributed by atoms with Crippen LogP contribution in [0, 0.1) is 5.92 Å². The first-order valence-electron chi connectivity index (χ1n) is 7.25. The number of nitrogens with zero attached hydrogens (tertiary/aromatic N) is 1. The van der Waals surface area contributed by atoms with Crippen molar-refractivity contribution in [3.05, 3.63) is 0 Å². The molecule has 0 saturated carbocycles. The molecule has 1 aliphatic rings. The van der Waals surface area contributed by atoms with Crippen molar-refractivity contribution in [2.75, 3.05) is 26.8 Å². The first-order chi connectivity index (χ1) is 9.53. The SMILES string of the molecule is CCC(C)C(NC(=O)CN1CCCC1CO)C(=O)OC. The van der Waals surface area contributed by atoms with Crippen LogP contribution in [-0.2, 0) is 14.3 Å². The maximum absolute atomic E-state index is 12.1. The molecule has 6 nitrogen and oxygen atoms in total. The van der Waals surface area contributed by atoms with Crippen LogP contribution in [0.4, 0.5) is 0 Å². The number of amides is 1. The molecule has 1 amide bonds. The van der Waals surface area contributed by atoms with Crippen molar-refractivity contribution in [2.24, 2.45) is 5.92 Å². The smallest absolute Gasteiger partial charge is 0.328 e. The van der Waals surface area contributed by atoms with Crippen molar-refractivity contribution >= 4 is 11.9 Å². The summed E-state index contributed by atoms with van der Waals surface area (Å²) in [6.07, 6.45) is 2.68. The molecule has 0 aromatic heterocycles. The third kappa shape index (κ3) is 4.45. The average molecular weight is 286 g/mol. The number of likely N-dealkylation sites (tertiary alicyclic amines) is 1. The first-order valence-corrected chi connectivity index (χ1v) is 7.25. The van der Waals surface area contributed by atoms with Crippen LogP contribution in [0.2, 0.25) is 0 Å². The van der Waals surface area contributed by atoms with E-state index in [1.54, 1.807) is 0 Å². The third-order valence-electron chi connectivity index (χ3n) is 4.04. The van der Waals surface area contributed by atoms with Gasteiger partial charge in [-0.15, -0.1) is 0 Å². The normalized spacial score (nSPS) is 22.3. The highest BCUT2D eigenvalue weighted by Crippen LogP contribution is 2.16. The Morgan fingerprint density at radius 3 is 2.75 bits per heavy atom. The predicted octanol–water partition coefficient (Wildman–Crippen LogP) is 0.147. The molecule has 1 fully saturated rings. The number of carbonyl (C=O) groups is 2. The summed E-state index contributed by atoms with van der Waals surface area (Å²) in [6, 6.07) is -0.548. The summed E-state index contributed by atoms with van der Waals surface area (Å²) < 4.78 is 4.74. The first kappa shape index (κ1) is 16.9. The maximum atomic E-state index is 12.1. The topological polar surface area (TPSA) is 78.9 Å². The van der Waals surface area contributed by atoms with E-state index >= 15 is 0 Å². The summed E-state index contributed by atoms with van der Waals surface area (Å²) in [6.45, 7) is 4.97. The van der Waals surface area contributed by atoms with Gasteiger partial charge in [0.05, 0.1) is 20.3 Å². The Balaban J connectivity index is 2.55. The Morgan fingerprint density at radius 1 is 1.50 bits per heavy atom. The molecule has 0 radical (unpaired) electrons. The van der Waals surface area contributed by atoms with E-state index in [-0.39, 0.29) is 31.0 Å². The van der Waals surface area contributed by atoms with Crippen LogP contribution in [0.1, 0.15) is 33.1 Å². The molecule has 116 valence electrons. The van der Waals surface area contributed by atoms with Crippen LogP contribution in [-0.4, -0.2) is 60.8 Å². The standard InChI is InChI=1S/C14H26N2O4/c1-4-10(2)13(14(19)20-3)15-12(18)8-16-7-5-6-11(16)9-17/h10-11,13,17H,4-9H2,1-3H3,(H,15,18). The van der Waals surface area contributed by atoms with Crippen LogP contribution in [0.3, 0.4) is 0 Å². The molecule has 0 spiro atoms. The van der Waals surface area contributed by atoms with Crippen molar-refractivity contribution in [3.63, 3.8) is 0 Å². The van der Waals surface area contributed by atoms with Gasteiger partial charge in [0, 0.05) is 6.04 Å². The zero-order valence-corrected chi connectivity index (χ0v) is 12.6. The number of nitrogens with one attached hydrogen (secondary N) is 1. The lowest BCUT2D eigenvalue weighted by Crippen LogP contribution is -2.49. The lowest BCUT2D eigenvalue weighted by molar-refractivity contribution is -0.146. The zero-order valence-electron chi connectivity index (χ0n) is 12.6. The quantitative estimate of drug-likeness (QED) is 0.651. The highest BCUT2D eigenvalue weighted by molar-refractivity contribution is 5.85. The van der Waals surface area contributed by atoms with Gasteiger partial charge < -0.3 is 15.2 Å². The van der Waals surface area contributed by atoms with Crippen molar-refractivity contribution in [2.45, 2.75) is 45.2 Å².